The number of benzene rings is 1. The standard InChI is InChI=1S/C11H11NO/c1-2-3-9-12-11(13)10-7-5-4-6-8-10/h1,4-8H,3,9H2,(H,12,13). The number of carbonyl (C=O) groups excluding carboxylic acids is 1. The predicted molar refractivity (Wildman–Crippen MR) is 52.2 cm³/mol. The summed E-state index contributed by atoms with van der Waals surface area (Å²) >= 11 is 0. The van der Waals surface area contributed by atoms with E-state index >= 15 is 0 Å². The molecular formula is C11H11NO. The third kappa shape index (κ3) is 3.00. The lowest BCUT2D eigenvalue weighted by Crippen LogP contribution is -2.23. The SMILES string of the molecule is C#CCCNC(=O)c1ccccc1. The van der Waals surface area contributed by atoms with Gasteiger partial charge in [0.2, 0.25) is 0 Å². The zero-order chi connectivity index (χ0) is 9.52. The summed E-state index contributed by atoms with van der Waals surface area (Å²) in [6.45, 7) is 0.532. The van der Waals surface area contributed by atoms with E-state index in [2.05, 4.69) is 11.2 Å². The third-order valence-electron chi connectivity index (χ3n) is 1.59. The first-order valence-corrected chi connectivity index (χ1v) is 4.11. The van der Waals surface area contributed by atoms with E-state index in [1.807, 2.05) is 18.2 Å². The number of amides is 1. The Morgan fingerprint density at radius 3 is 2.69 bits per heavy atom. The van der Waals surface area contributed by atoms with Crippen LogP contribution in [0.15, 0.2) is 30.3 Å². The van der Waals surface area contributed by atoms with Crippen molar-refractivity contribution in [1.82, 2.24) is 5.32 Å². The lowest BCUT2D eigenvalue weighted by molar-refractivity contribution is 0.0954. The molecule has 2 nitrogen and oxygen atoms in total. The van der Waals surface area contributed by atoms with Gasteiger partial charge >= 0.3 is 0 Å². The maximum absolute atomic E-state index is 11.3. The second-order valence-electron chi connectivity index (χ2n) is 2.58. The fraction of sp³-hybridized carbons (Fsp3) is 0.182. The monoisotopic (exact) mass is 173 g/mol. The number of nitrogens with one attached hydrogen (secondary N) is 1. The summed E-state index contributed by atoms with van der Waals surface area (Å²) in [6, 6.07) is 9.07. The molecule has 0 aliphatic heterocycles. The van der Waals surface area contributed by atoms with E-state index in [0.29, 0.717) is 18.5 Å². The molecule has 13 heavy (non-hydrogen) atoms. The molecule has 0 aliphatic carbocycles. The summed E-state index contributed by atoms with van der Waals surface area (Å²) in [4.78, 5) is 11.3. The van der Waals surface area contributed by atoms with Gasteiger partial charge in [-0.1, -0.05) is 18.2 Å². The molecule has 1 amide bonds. The highest BCUT2D eigenvalue weighted by Crippen LogP contribution is 1.97. The van der Waals surface area contributed by atoms with Crippen LogP contribution in [0.2, 0.25) is 0 Å². The molecule has 1 aromatic rings. The van der Waals surface area contributed by atoms with Gasteiger partial charge in [-0.3, -0.25) is 4.79 Å². The van der Waals surface area contributed by atoms with Gasteiger partial charge in [0.05, 0.1) is 0 Å². The van der Waals surface area contributed by atoms with Crippen molar-refractivity contribution in [2.45, 2.75) is 6.42 Å². The summed E-state index contributed by atoms with van der Waals surface area (Å²) in [7, 11) is 0. The average molecular weight is 173 g/mol. The van der Waals surface area contributed by atoms with Crippen molar-refractivity contribution in [2.24, 2.45) is 0 Å². The molecule has 1 rings (SSSR count). The second kappa shape index (κ2) is 5.00. The molecule has 66 valence electrons. The Labute approximate surface area is 78.0 Å². The Morgan fingerprint density at radius 1 is 1.38 bits per heavy atom. The van der Waals surface area contributed by atoms with Gasteiger partial charge in [0.25, 0.3) is 5.91 Å². The largest absolute Gasteiger partial charge is 0.351 e. The summed E-state index contributed by atoms with van der Waals surface area (Å²) in [6.07, 6.45) is 5.62. The first-order valence-electron chi connectivity index (χ1n) is 4.11. The van der Waals surface area contributed by atoms with Crippen LogP contribution in [-0.2, 0) is 0 Å². The Hall–Kier alpha value is -1.75. The van der Waals surface area contributed by atoms with Gasteiger partial charge in [0.1, 0.15) is 0 Å². The smallest absolute Gasteiger partial charge is 0.251 e. The highest BCUT2D eigenvalue weighted by atomic mass is 16.1. The molecule has 2 heteroatoms. The van der Waals surface area contributed by atoms with E-state index in [4.69, 9.17) is 6.42 Å². The van der Waals surface area contributed by atoms with Crippen LogP contribution in [0.4, 0.5) is 0 Å². The lowest BCUT2D eigenvalue weighted by Gasteiger charge is -2.01. The Bertz CT molecular complexity index is 311. The number of rotatable bonds is 3. The average Bonchev–Trinajstić information content (AvgIpc) is 2.19. The van der Waals surface area contributed by atoms with E-state index in [0.717, 1.165) is 0 Å². The van der Waals surface area contributed by atoms with Gasteiger partial charge in [-0.05, 0) is 12.1 Å². The van der Waals surface area contributed by atoms with Crippen molar-refractivity contribution in [3.05, 3.63) is 35.9 Å². The van der Waals surface area contributed by atoms with Crippen molar-refractivity contribution < 1.29 is 4.79 Å². The third-order valence-corrected chi connectivity index (χ3v) is 1.59. The fourth-order valence-corrected chi connectivity index (χ4v) is 0.940. The maximum atomic E-state index is 11.3. The quantitative estimate of drug-likeness (QED) is 0.544. The van der Waals surface area contributed by atoms with Gasteiger partial charge in [-0.15, -0.1) is 12.3 Å². The van der Waals surface area contributed by atoms with E-state index in [-0.39, 0.29) is 5.91 Å². The van der Waals surface area contributed by atoms with E-state index < -0.39 is 0 Å². The molecule has 0 heterocycles. The minimum absolute atomic E-state index is 0.0733. The van der Waals surface area contributed by atoms with Crippen molar-refractivity contribution in [3.8, 4) is 12.3 Å². The zero-order valence-electron chi connectivity index (χ0n) is 7.29. The molecule has 1 N–H and O–H groups in total. The van der Waals surface area contributed by atoms with E-state index in [9.17, 15) is 4.79 Å². The summed E-state index contributed by atoms with van der Waals surface area (Å²) in [5.74, 6) is 2.39. The summed E-state index contributed by atoms with van der Waals surface area (Å²) in [5.41, 5.74) is 0.666. The van der Waals surface area contributed by atoms with Gasteiger partial charge in [-0.2, -0.15) is 0 Å². The molecule has 0 bridgehead atoms. The summed E-state index contributed by atoms with van der Waals surface area (Å²) in [5, 5.41) is 2.72. The van der Waals surface area contributed by atoms with Crippen LogP contribution in [0, 0.1) is 12.3 Å². The minimum Gasteiger partial charge on any atom is -0.351 e. The number of hydrogen-bond acceptors (Lipinski definition) is 1. The molecule has 0 aromatic heterocycles. The first-order chi connectivity index (χ1) is 6.34. The van der Waals surface area contributed by atoms with Crippen LogP contribution in [0.1, 0.15) is 16.8 Å². The predicted octanol–water partition coefficient (Wildman–Crippen LogP) is 1.44. The first kappa shape index (κ1) is 9.34. The normalized spacial score (nSPS) is 8.85. The fourth-order valence-electron chi connectivity index (χ4n) is 0.940. The highest BCUT2D eigenvalue weighted by Gasteiger charge is 2.01. The van der Waals surface area contributed by atoms with Gasteiger partial charge in [0.15, 0.2) is 0 Å². The van der Waals surface area contributed by atoms with Crippen molar-refractivity contribution in [3.63, 3.8) is 0 Å². The van der Waals surface area contributed by atoms with E-state index in [1.165, 1.54) is 0 Å². The molecule has 0 atom stereocenters. The molecule has 0 aliphatic rings. The molecule has 0 spiro atoms. The summed E-state index contributed by atoms with van der Waals surface area (Å²) < 4.78 is 0. The number of carbonyl (C=O) groups is 1. The Balaban J connectivity index is 2.46. The second-order valence-corrected chi connectivity index (χ2v) is 2.58. The number of terminal acetylenes is 1. The van der Waals surface area contributed by atoms with E-state index in [1.54, 1.807) is 12.1 Å². The highest BCUT2D eigenvalue weighted by molar-refractivity contribution is 5.94. The molecular weight excluding hydrogens is 162 g/mol. The van der Waals surface area contributed by atoms with Gasteiger partial charge in [0, 0.05) is 18.5 Å². The van der Waals surface area contributed by atoms with Crippen molar-refractivity contribution in [1.29, 1.82) is 0 Å². The van der Waals surface area contributed by atoms with Crippen LogP contribution in [-0.4, -0.2) is 12.5 Å². The molecule has 0 unspecified atom stereocenters. The van der Waals surface area contributed by atoms with Gasteiger partial charge in [-0.25, -0.2) is 0 Å². The molecule has 0 fully saturated rings. The van der Waals surface area contributed by atoms with Crippen molar-refractivity contribution in [2.75, 3.05) is 6.54 Å². The topological polar surface area (TPSA) is 29.1 Å². The number of hydrogen-bond donors (Lipinski definition) is 1. The molecule has 1 aromatic carbocycles. The minimum atomic E-state index is -0.0733. The van der Waals surface area contributed by atoms with Crippen LogP contribution >= 0.6 is 0 Å². The Morgan fingerprint density at radius 2 is 2.08 bits per heavy atom. The molecule has 0 saturated heterocycles. The molecule has 0 radical (unpaired) electrons. The van der Waals surface area contributed by atoms with Gasteiger partial charge < -0.3 is 5.32 Å². The maximum Gasteiger partial charge on any atom is 0.251 e. The Kier molecular flexibility index (Phi) is 3.59. The van der Waals surface area contributed by atoms with Crippen molar-refractivity contribution >= 4 is 5.91 Å². The van der Waals surface area contributed by atoms with Crippen LogP contribution < -0.4 is 5.32 Å². The zero-order valence-corrected chi connectivity index (χ0v) is 7.29. The van der Waals surface area contributed by atoms with Crippen LogP contribution in [0.5, 0.6) is 0 Å². The molecule has 0 saturated carbocycles. The van der Waals surface area contributed by atoms with Crippen LogP contribution in [0.25, 0.3) is 0 Å². The lowest BCUT2D eigenvalue weighted by atomic mass is 10.2. The van der Waals surface area contributed by atoms with Crippen LogP contribution in [0.3, 0.4) is 0 Å².